The molecule has 2 atom stereocenters. The summed E-state index contributed by atoms with van der Waals surface area (Å²) in [5.41, 5.74) is 4.18. The number of ether oxygens (including phenoxy) is 2. The highest BCUT2D eigenvalue weighted by Gasteiger charge is 2.43. The lowest BCUT2D eigenvalue weighted by Gasteiger charge is -2.34. The minimum Gasteiger partial charge on any atom is -0.490 e. The lowest BCUT2D eigenvalue weighted by atomic mass is 9.72. The van der Waals surface area contributed by atoms with E-state index >= 15 is 0 Å². The Morgan fingerprint density at radius 1 is 1.03 bits per heavy atom. The zero-order valence-electron chi connectivity index (χ0n) is 19.4. The highest BCUT2D eigenvalue weighted by molar-refractivity contribution is 6.08. The molecular formula is C27H30N2O4. The summed E-state index contributed by atoms with van der Waals surface area (Å²) in [6.07, 6.45) is 2.05. The van der Waals surface area contributed by atoms with Crippen LogP contribution in [-0.4, -0.2) is 44.8 Å². The maximum absolute atomic E-state index is 13.3. The number of allylic oxidation sites excluding steroid dienone is 2. The Morgan fingerprint density at radius 3 is 2.45 bits per heavy atom. The number of aliphatic imine (C=N–C) groups is 1. The molecule has 0 N–H and O–H groups in total. The molecule has 0 bridgehead atoms. The summed E-state index contributed by atoms with van der Waals surface area (Å²) in [4.78, 5) is 32.9. The standard InChI is InChI=1S/C27H30N2O4/c1-18-24(27(31)33-17-16-32-21-8-5-4-6-9-21)25(19-12-14-20(15-13-19)29(2)3)26-22(28-18)10-7-11-23(26)30/h4-6,8-9,12-15,24-25H,7,10-11,16-17H2,1-3H3/t24?,25-/m0/s1. The van der Waals surface area contributed by atoms with Gasteiger partial charge in [-0.15, -0.1) is 0 Å². The molecular weight excluding hydrogens is 416 g/mol. The number of nitrogens with zero attached hydrogens (tertiary/aromatic N) is 2. The predicted molar refractivity (Wildman–Crippen MR) is 129 cm³/mol. The number of ketones is 1. The van der Waals surface area contributed by atoms with Gasteiger partial charge in [-0.3, -0.25) is 14.6 Å². The van der Waals surface area contributed by atoms with Crippen molar-refractivity contribution in [1.82, 2.24) is 0 Å². The van der Waals surface area contributed by atoms with Crippen LogP contribution >= 0.6 is 0 Å². The Kier molecular flexibility index (Phi) is 6.92. The number of rotatable bonds is 7. The van der Waals surface area contributed by atoms with Gasteiger partial charge in [-0.1, -0.05) is 30.3 Å². The van der Waals surface area contributed by atoms with Crippen molar-refractivity contribution in [2.24, 2.45) is 10.9 Å². The summed E-state index contributed by atoms with van der Waals surface area (Å²) in [7, 11) is 3.96. The summed E-state index contributed by atoms with van der Waals surface area (Å²) >= 11 is 0. The Balaban J connectivity index is 1.56. The van der Waals surface area contributed by atoms with Crippen molar-refractivity contribution in [3.05, 3.63) is 71.4 Å². The van der Waals surface area contributed by atoms with E-state index in [4.69, 9.17) is 9.47 Å². The number of carbonyl (C=O) groups is 2. The Bertz CT molecular complexity index is 1070. The van der Waals surface area contributed by atoms with Crippen molar-refractivity contribution in [2.75, 3.05) is 32.2 Å². The van der Waals surface area contributed by atoms with Crippen LogP contribution in [0.4, 0.5) is 5.69 Å². The van der Waals surface area contributed by atoms with Crippen LogP contribution < -0.4 is 9.64 Å². The molecule has 2 aromatic carbocycles. The fraction of sp³-hybridized carbons (Fsp3) is 0.370. The Morgan fingerprint density at radius 2 is 1.76 bits per heavy atom. The van der Waals surface area contributed by atoms with Gasteiger partial charge < -0.3 is 14.4 Å². The second-order valence-electron chi connectivity index (χ2n) is 8.66. The van der Waals surface area contributed by atoms with Gasteiger partial charge in [-0.05, 0) is 49.6 Å². The van der Waals surface area contributed by atoms with E-state index < -0.39 is 5.92 Å². The van der Waals surface area contributed by atoms with Crippen molar-refractivity contribution in [2.45, 2.75) is 32.1 Å². The van der Waals surface area contributed by atoms with Gasteiger partial charge in [-0.2, -0.15) is 0 Å². The van der Waals surface area contributed by atoms with Crippen LogP contribution in [0.15, 0.2) is 70.9 Å². The molecule has 0 fully saturated rings. The van der Waals surface area contributed by atoms with Crippen LogP contribution in [0.1, 0.15) is 37.7 Å². The molecule has 0 spiro atoms. The van der Waals surface area contributed by atoms with Gasteiger partial charge in [0.1, 0.15) is 24.9 Å². The minimum atomic E-state index is -0.632. The van der Waals surface area contributed by atoms with E-state index in [0.29, 0.717) is 17.7 Å². The number of carbonyl (C=O) groups excluding carboxylic acids is 2. The topological polar surface area (TPSA) is 68.2 Å². The molecule has 172 valence electrons. The number of esters is 1. The SMILES string of the molecule is CC1=NC2=C(C(=O)CCC2)[C@@H](c2ccc(N(C)C)cc2)C1C(=O)OCCOc1ccccc1. The summed E-state index contributed by atoms with van der Waals surface area (Å²) in [5, 5.41) is 0. The van der Waals surface area contributed by atoms with E-state index in [2.05, 4.69) is 4.99 Å². The van der Waals surface area contributed by atoms with Gasteiger partial charge in [0, 0.05) is 49.1 Å². The van der Waals surface area contributed by atoms with E-state index in [1.807, 2.05) is 80.5 Å². The highest BCUT2D eigenvalue weighted by Crippen LogP contribution is 2.43. The van der Waals surface area contributed by atoms with Crippen LogP contribution in [0, 0.1) is 5.92 Å². The lowest BCUT2D eigenvalue weighted by molar-refractivity contribution is -0.147. The average molecular weight is 447 g/mol. The summed E-state index contributed by atoms with van der Waals surface area (Å²) in [6.45, 7) is 2.24. The second kappa shape index (κ2) is 10.0. The maximum atomic E-state index is 13.3. The van der Waals surface area contributed by atoms with Gasteiger partial charge >= 0.3 is 5.97 Å². The molecule has 33 heavy (non-hydrogen) atoms. The number of Topliss-reactive ketones (excluding diaryl/α,β-unsaturated/α-hetero) is 1. The highest BCUT2D eigenvalue weighted by atomic mass is 16.6. The molecule has 6 nitrogen and oxygen atoms in total. The molecule has 0 saturated carbocycles. The first kappa shape index (κ1) is 22.8. The molecule has 4 rings (SSSR count). The van der Waals surface area contributed by atoms with Crippen molar-refractivity contribution < 1.29 is 19.1 Å². The van der Waals surface area contributed by atoms with E-state index in [1.54, 1.807) is 0 Å². The number of hydrogen-bond acceptors (Lipinski definition) is 6. The van der Waals surface area contributed by atoms with E-state index in [1.165, 1.54) is 0 Å². The van der Waals surface area contributed by atoms with Gasteiger partial charge in [-0.25, -0.2) is 0 Å². The van der Waals surface area contributed by atoms with Crippen LogP contribution in [0.2, 0.25) is 0 Å². The molecule has 1 unspecified atom stereocenters. The van der Waals surface area contributed by atoms with E-state index in [-0.39, 0.29) is 30.9 Å². The molecule has 0 aromatic heterocycles. The number of hydrogen-bond donors (Lipinski definition) is 0. The fourth-order valence-electron chi connectivity index (χ4n) is 4.56. The first-order valence-corrected chi connectivity index (χ1v) is 11.4. The van der Waals surface area contributed by atoms with E-state index in [0.717, 1.165) is 35.5 Å². The number of para-hydroxylation sites is 1. The lowest BCUT2D eigenvalue weighted by Crippen LogP contribution is -2.37. The third-order valence-electron chi connectivity index (χ3n) is 6.20. The summed E-state index contributed by atoms with van der Waals surface area (Å²) < 4.78 is 11.3. The predicted octanol–water partition coefficient (Wildman–Crippen LogP) is 4.56. The number of benzene rings is 2. The Hall–Kier alpha value is -3.41. The van der Waals surface area contributed by atoms with Gasteiger partial charge in [0.05, 0.1) is 0 Å². The zero-order chi connectivity index (χ0) is 23.4. The van der Waals surface area contributed by atoms with Gasteiger partial charge in [0.2, 0.25) is 0 Å². The molecule has 0 radical (unpaired) electrons. The zero-order valence-corrected chi connectivity index (χ0v) is 19.4. The second-order valence-corrected chi connectivity index (χ2v) is 8.66. The average Bonchev–Trinajstić information content (AvgIpc) is 2.81. The van der Waals surface area contributed by atoms with Crippen LogP contribution in [-0.2, 0) is 14.3 Å². The molecule has 1 aliphatic carbocycles. The summed E-state index contributed by atoms with van der Waals surface area (Å²) in [5.74, 6) is -0.582. The minimum absolute atomic E-state index is 0.0828. The van der Waals surface area contributed by atoms with Crippen molar-refractivity contribution >= 4 is 23.2 Å². The third-order valence-corrected chi connectivity index (χ3v) is 6.20. The van der Waals surface area contributed by atoms with E-state index in [9.17, 15) is 9.59 Å². The Labute approximate surface area is 194 Å². The van der Waals surface area contributed by atoms with Gasteiger partial charge in [0.15, 0.2) is 5.78 Å². The monoisotopic (exact) mass is 446 g/mol. The van der Waals surface area contributed by atoms with Crippen molar-refractivity contribution in [1.29, 1.82) is 0 Å². The quantitative estimate of drug-likeness (QED) is 0.461. The van der Waals surface area contributed by atoms with Crippen LogP contribution in [0.5, 0.6) is 5.75 Å². The number of anilines is 1. The molecule has 0 amide bonds. The maximum Gasteiger partial charge on any atom is 0.315 e. The molecule has 6 heteroatoms. The van der Waals surface area contributed by atoms with Crippen LogP contribution in [0.25, 0.3) is 0 Å². The summed E-state index contributed by atoms with van der Waals surface area (Å²) in [6, 6.07) is 17.4. The van der Waals surface area contributed by atoms with Gasteiger partial charge in [0.25, 0.3) is 0 Å². The molecule has 1 heterocycles. The molecule has 1 aliphatic heterocycles. The third kappa shape index (κ3) is 5.00. The van der Waals surface area contributed by atoms with Crippen LogP contribution in [0.3, 0.4) is 0 Å². The van der Waals surface area contributed by atoms with Crippen molar-refractivity contribution in [3.8, 4) is 5.75 Å². The van der Waals surface area contributed by atoms with Crippen molar-refractivity contribution in [3.63, 3.8) is 0 Å². The molecule has 0 saturated heterocycles. The molecule has 2 aromatic rings. The first-order chi connectivity index (χ1) is 16.0. The molecule has 2 aliphatic rings. The smallest absolute Gasteiger partial charge is 0.315 e. The normalized spacial score (nSPS) is 20.1. The first-order valence-electron chi connectivity index (χ1n) is 11.4. The largest absolute Gasteiger partial charge is 0.490 e. The fourth-order valence-corrected chi connectivity index (χ4v) is 4.56.